The molecule has 5 nitrogen and oxygen atoms in total. The van der Waals surface area contributed by atoms with Crippen molar-refractivity contribution >= 4 is 5.91 Å². The fraction of sp³-hybridized carbons (Fsp3) is 0.375. The van der Waals surface area contributed by atoms with Gasteiger partial charge in [0.2, 0.25) is 5.88 Å². The zero-order valence-corrected chi connectivity index (χ0v) is 12.3. The molecule has 0 bridgehead atoms. The van der Waals surface area contributed by atoms with Crippen molar-refractivity contribution in [3.63, 3.8) is 0 Å². The summed E-state index contributed by atoms with van der Waals surface area (Å²) >= 11 is 0. The predicted molar refractivity (Wildman–Crippen MR) is 77.3 cm³/mol. The van der Waals surface area contributed by atoms with Gasteiger partial charge in [0.1, 0.15) is 12.4 Å². The summed E-state index contributed by atoms with van der Waals surface area (Å²) in [5.41, 5.74) is 1.96. The molecule has 0 radical (unpaired) electrons. The van der Waals surface area contributed by atoms with Gasteiger partial charge in [-0.15, -0.1) is 0 Å². The van der Waals surface area contributed by atoms with Crippen LogP contribution in [0.1, 0.15) is 34.6 Å². The molecule has 2 aliphatic heterocycles. The second kappa shape index (κ2) is 4.83. The number of nitrogens with zero attached hydrogens (tertiary/aromatic N) is 3. The van der Waals surface area contributed by atoms with Gasteiger partial charge in [-0.25, -0.2) is 9.07 Å². The number of hydrogen-bond donors (Lipinski definition) is 0. The first-order valence-corrected chi connectivity index (χ1v) is 7.44. The number of hydrogen-bond acceptors (Lipinski definition) is 3. The van der Waals surface area contributed by atoms with Gasteiger partial charge in [0.25, 0.3) is 5.91 Å². The fourth-order valence-electron chi connectivity index (χ4n) is 3.30. The van der Waals surface area contributed by atoms with Crippen LogP contribution in [0.4, 0.5) is 4.39 Å². The van der Waals surface area contributed by atoms with Crippen molar-refractivity contribution in [1.29, 1.82) is 0 Å². The number of carbonyl (C=O) groups is 1. The van der Waals surface area contributed by atoms with Crippen LogP contribution in [0.5, 0.6) is 5.88 Å². The van der Waals surface area contributed by atoms with Crippen LogP contribution in [0.3, 0.4) is 0 Å². The summed E-state index contributed by atoms with van der Waals surface area (Å²) in [6.45, 7) is 3.68. The third-order valence-electron chi connectivity index (χ3n) is 4.43. The van der Waals surface area contributed by atoms with Gasteiger partial charge in [0.05, 0.1) is 12.6 Å². The molecule has 1 unspecified atom stereocenters. The summed E-state index contributed by atoms with van der Waals surface area (Å²) in [4.78, 5) is 14.4. The Bertz CT molecular complexity index is 734. The summed E-state index contributed by atoms with van der Waals surface area (Å²) < 4.78 is 21.2. The Morgan fingerprint density at radius 3 is 3.09 bits per heavy atom. The lowest BCUT2D eigenvalue weighted by atomic mass is 9.93. The molecule has 0 saturated heterocycles. The molecule has 1 aromatic carbocycles. The number of fused-ring (bicyclic) bond motifs is 2. The van der Waals surface area contributed by atoms with Gasteiger partial charge in [-0.3, -0.25) is 4.79 Å². The van der Waals surface area contributed by atoms with Gasteiger partial charge in [0.15, 0.2) is 5.69 Å². The van der Waals surface area contributed by atoms with Gasteiger partial charge in [-0.05, 0) is 25.0 Å². The third-order valence-corrected chi connectivity index (χ3v) is 4.43. The number of ether oxygens (including phenoxy) is 1. The molecule has 2 aromatic rings. The Kier molecular flexibility index (Phi) is 2.92. The van der Waals surface area contributed by atoms with E-state index >= 15 is 0 Å². The fourth-order valence-corrected chi connectivity index (χ4v) is 3.30. The SMILES string of the molecule is CC1c2c(F)cccc2CCN1C(=O)c1cc2n(n1)CCO2. The van der Waals surface area contributed by atoms with E-state index < -0.39 is 0 Å². The molecule has 4 rings (SSSR count). The molecule has 22 heavy (non-hydrogen) atoms. The lowest BCUT2D eigenvalue weighted by molar-refractivity contribution is 0.0666. The number of aromatic nitrogens is 2. The molecule has 1 amide bonds. The maximum atomic E-state index is 14.1. The number of carbonyl (C=O) groups excluding carboxylic acids is 1. The first-order chi connectivity index (χ1) is 10.6. The quantitative estimate of drug-likeness (QED) is 0.811. The lowest BCUT2D eigenvalue weighted by Crippen LogP contribution is -2.39. The van der Waals surface area contributed by atoms with E-state index in [9.17, 15) is 9.18 Å². The minimum atomic E-state index is -0.296. The molecule has 0 aliphatic carbocycles. The highest BCUT2D eigenvalue weighted by molar-refractivity contribution is 5.93. The van der Waals surface area contributed by atoms with Crippen molar-refractivity contribution in [2.45, 2.75) is 25.9 Å². The van der Waals surface area contributed by atoms with Gasteiger partial charge in [0, 0.05) is 18.2 Å². The van der Waals surface area contributed by atoms with E-state index in [0.29, 0.717) is 43.3 Å². The van der Waals surface area contributed by atoms with E-state index in [-0.39, 0.29) is 17.8 Å². The molecule has 0 N–H and O–H groups in total. The zero-order valence-electron chi connectivity index (χ0n) is 12.3. The van der Waals surface area contributed by atoms with Gasteiger partial charge in [-0.1, -0.05) is 12.1 Å². The normalized spacial score (nSPS) is 19.5. The summed E-state index contributed by atoms with van der Waals surface area (Å²) in [7, 11) is 0. The topological polar surface area (TPSA) is 47.4 Å². The lowest BCUT2D eigenvalue weighted by Gasteiger charge is -2.35. The second-order valence-corrected chi connectivity index (χ2v) is 5.68. The molecule has 114 valence electrons. The van der Waals surface area contributed by atoms with Crippen LogP contribution in [-0.4, -0.2) is 33.7 Å². The molecule has 3 heterocycles. The predicted octanol–water partition coefficient (Wildman–Crippen LogP) is 2.17. The van der Waals surface area contributed by atoms with Crippen molar-refractivity contribution in [1.82, 2.24) is 14.7 Å². The third kappa shape index (κ3) is 1.90. The van der Waals surface area contributed by atoms with Crippen LogP contribution in [0, 0.1) is 5.82 Å². The number of halogens is 1. The average Bonchev–Trinajstić information content (AvgIpc) is 3.08. The van der Waals surface area contributed by atoms with E-state index in [4.69, 9.17) is 4.74 Å². The molecule has 1 aromatic heterocycles. The molecular weight excluding hydrogens is 285 g/mol. The van der Waals surface area contributed by atoms with Crippen molar-refractivity contribution in [3.05, 3.63) is 46.9 Å². The summed E-state index contributed by atoms with van der Waals surface area (Å²) in [5.74, 6) is 0.199. The average molecular weight is 301 g/mol. The second-order valence-electron chi connectivity index (χ2n) is 5.68. The molecule has 6 heteroatoms. The molecule has 0 fully saturated rings. The summed E-state index contributed by atoms with van der Waals surface area (Å²) in [5, 5.41) is 4.29. The van der Waals surface area contributed by atoms with Crippen molar-refractivity contribution in [2.24, 2.45) is 0 Å². The maximum absolute atomic E-state index is 14.1. The van der Waals surface area contributed by atoms with Gasteiger partial charge < -0.3 is 9.64 Å². The van der Waals surface area contributed by atoms with Crippen LogP contribution in [0.2, 0.25) is 0 Å². The molecule has 0 saturated carbocycles. The van der Waals surface area contributed by atoms with E-state index in [2.05, 4.69) is 5.10 Å². The van der Waals surface area contributed by atoms with E-state index in [1.54, 1.807) is 21.7 Å². The smallest absolute Gasteiger partial charge is 0.275 e. The largest absolute Gasteiger partial charge is 0.476 e. The Hall–Kier alpha value is -2.37. The van der Waals surface area contributed by atoms with Gasteiger partial charge >= 0.3 is 0 Å². The monoisotopic (exact) mass is 301 g/mol. The van der Waals surface area contributed by atoms with E-state index in [1.165, 1.54) is 6.07 Å². The Morgan fingerprint density at radius 1 is 1.41 bits per heavy atom. The number of rotatable bonds is 1. The van der Waals surface area contributed by atoms with Crippen molar-refractivity contribution in [3.8, 4) is 5.88 Å². The van der Waals surface area contributed by atoms with Crippen LogP contribution < -0.4 is 4.74 Å². The van der Waals surface area contributed by atoms with Crippen LogP contribution >= 0.6 is 0 Å². The van der Waals surface area contributed by atoms with Gasteiger partial charge in [-0.2, -0.15) is 5.10 Å². The highest BCUT2D eigenvalue weighted by Gasteiger charge is 2.32. The van der Waals surface area contributed by atoms with Crippen molar-refractivity contribution < 1.29 is 13.9 Å². The number of benzene rings is 1. The van der Waals surface area contributed by atoms with E-state index in [1.807, 2.05) is 13.0 Å². The van der Waals surface area contributed by atoms with Crippen LogP contribution in [0.25, 0.3) is 0 Å². The highest BCUT2D eigenvalue weighted by atomic mass is 19.1. The molecule has 1 atom stereocenters. The number of amides is 1. The first kappa shape index (κ1) is 13.3. The highest BCUT2D eigenvalue weighted by Crippen LogP contribution is 2.32. The van der Waals surface area contributed by atoms with Crippen LogP contribution in [0.15, 0.2) is 24.3 Å². The minimum absolute atomic E-state index is 0.174. The zero-order chi connectivity index (χ0) is 15.3. The summed E-state index contributed by atoms with van der Waals surface area (Å²) in [6, 6.07) is 6.46. The first-order valence-electron chi connectivity index (χ1n) is 7.44. The maximum Gasteiger partial charge on any atom is 0.275 e. The Labute approximate surface area is 127 Å². The van der Waals surface area contributed by atoms with Crippen molar-refractivity contribution in [2.75, 3.05) is 13.2 Å². The Morgan fingerprint density at radius 2 is 2.27 bits per heavy atom. The minimum Gasteiger partial charge on any atom is -0.476 e. The molecule has 0 spiro atoms. The van der Waals surface area contributed by atoms with Crippen LogP contribution in [-0.2, 0) is 13.0 Å². The summed E-state index contributed by atoms with van der Waals surface area (Å²) in [6.07, 6.45) is 0.660. The standard InChI is InChI=1S/C16H16FN3O2/c1-10-15-11(3-2-4-12(15)17)5-6-19(10)16(21)13-9-14-20(18-13)7-8-22-14/h2-4,9-10H,5-8H2,1H3. The molecule has 2 aliphatic rings. The molecular formula is C16H16FN3O2. The van der Waals surface area contributed by atoms with E-state index in [0.717, 1.165) is 5.56 Å². The Balaban J connectivity index is 1.65.